The van der Waals surface area contributed by atoms with E-state index in [4.69, 9.17) is 16.3 Å². The second-order valence-electron chi connectivity index (χ2n) is 5.10. The smallest absolute Gasteiger partial charge is 0.126 e. The van der Waals surface area contributed by atoms with Gasteiger partial charge >= 0.3 is 0 Å². The molecule has 1 atom stereocenters. The molecule has 0 spiro atoms. The number of nitrogens with zero attached hydrogens (tertiary/aromatic N) is 1. The molecule has 1 N–H and O–H groups in total. The lowest BCUT2D eigenvalue weighted by Gasteiger charge is -2.25. The highest BCUT2D eigenvalue weighted by molar-refractivity contribution is 6.30. The van der Waals surface area contributed by atoms with Crippen molar-refractivity contribution >= 4 is 17.3 Å². The summed E-state index contributed by atoms with van der Waals surface area (Å²) in [5.41, 5.74) is 1.25. The molecule has 0 amide bonds. The Kier molecular flexibility index (Phi) is 4.72. The molecule has 0 bridgehead atoms. The molecule has 21 heavy (non-hydrogen) atoms. The Bertz CT molecular complexity index is 631. The van der Waals surface area contributed by atoms with E-state index in [1.54, 1.807) is 7.11 Å². The van der Waals surface area contributed by atoms with Gasteiger partial charge in [0.1, 0.15) is 11.3 Å². The number of hydrogen-bond donors (Lipinski definition) is 1. The van der Waals surface area contributed by atoms with Crippen molar-refractivity contribution in [3.63, 3.8) is 0 Å². The summed E-state index contributed by atoms with van der Waals surface area (Å²) in [7, 11) is 1.63. The first-order chi connectivity index (χ1) is 10.0. The van der Waals surface area contributed by atoms with Crippen molar-refractivity contribution in [1.82, 2.24) is 0 Å². The summed E-state index contributed by atoms with van der Waals surface area (Å²) in [6.07, 6.45) is 0.590. The van der Waals surface area contributed by atoms with Crippen LogP contribution in [-0.2, 0) is 6.42 Å². The first-order valence-corrected chi connectivity index (χ1v) is 7.00. The average molecular weight is 301 g/mol. The highest BCUT2D eigenvalue weighted by atomic mass is 35.5. The third-order valence-corrected chi connectivity index (χ3v) is 3.48. The minimum absolute atomic E-state index is 0.590. The van der Waals surface area contributed by atoms with Crippen LogP contribution in [0.15, 0.2) is 48.5 Å². The maximum Gasteiger partial charge on any atom is 0.126 e. The summed E-state index contributed by atoms with van der Waals surface area (Å²) in [6.45, 7) is 1.88. The summed E-state index contributed by atoms with van der Waals surface area (Å²) in [5.74, 6) is 0.789. The van der Waals surface area contributed by atoms with Crippen LogP contribution in [0.4, 0.5) is 5.69 Å². The van der Waals surface area contributed by atoms with E-state index in [1.807, 2.05) is 55.5 Å². The highest BCUT2D eigenvalue weighted by Crippen LogP contribution is 2.22. The second-order valence-corrected chi connectivity index (χ2v) is 5.54. The second kappa shape index (κ2) is 6.51. The molecule has 2 aromatic rings. The van der Waals surface area contributed by atoms with Gasteiger partial charge in [0.15, 0.2) is 0 Å². The number of nitriles is 1. The van der Waals surface area contributed by atoms with Gasteiger partial charge in [0.2, 0.25) is 0 Å². The van der Waals surface area contributed by atoms with E-state index in [0.29, 0.717) is 11.4 Å². The zero-order valence-electron chi connectivity index (χ0n) is 12.1. The molecule has 0 fully saturated rings. The Hall–Kier alpha value is -2.18. The van der Waals surface area contributed by atoms with Gasteiger partial charge in [0.25, 0.3) is 0 Å². The molecule has 0 saturated carbocycles. The lowest BCUT2D eigenvalue weighted by atomic mass is 9.94. The van der Waals surface area contributed by atoms with Gasteiger partial charge in [-0.1, -0.05) is 23.7 Å². The van der Waals surface area contributed by atoms with Crippen LogP contribution in [0.1, 0.15) is 12.5 Å². The molecule has 0 aliphatic carbocycles. The van der Waals surface area contributed by atoms with Crippen LogP contribution >= 0.6 is 11.6 Å². The van der Waals surface area contributed by atoms with E-state index < -0.39 is 5.54 Å². The quantitative estimate of drug-likeness (QED) is 0.896. The van der Waals surface area contributed by atoms with Crippen LogP contribution in [0.2, 0.25) is 5.02 Å². The lowest BCUT2D eigenvalue weighted by Crippen LogP contribution is -2.35. The van der Waals surface area contributed by atoms with E-state index in [9.17, 15) is 5.26 Å². The number of methoxy groups -OCH3 is 1. The Morgan fingerprint density at radius 1 is 1.14 bits per heavy atom. The van der Waals surface area contributed by atoms with Gasteiger partial charge in [-0.3, -0.25) is 0 Å². The van der Waals surface area contributed by atoms with Gasteiger partial charge in [0, 0.05) is 17.1 Å². The van der Waals surface area contributed by atoms with Crippen molar-refractivity contribution in [2.24, 2.45) is 0 Å². The molecule has 0 aliphatic rings. The van der Waals surface area contributed by atoms with Crippen LogP contribution in [0.5, 0.6) is 5.75 Å². The van der Waals surface area contributed by atoms with E-state index >= 15 is 0 Å². The van der Waals surface area contributed by atoms with Gasteiger partial charge in [-0.25, -0.2) is 0 Å². The average Bonchev–Trinajstić information content (AvgIpc) is 2.50. The topological polar surface area (TPSA) is 45.0 Å². The van der Waals surface area contributed by atoms with Gasteiger partial charge < -0.3 is 10.1 Å². The fourth-order valence-corrected chi connectivity index (χ4v) is 2.24. The Morgan fingerprint density at radius 3 is 2.29 bits per heavy atom. The van der Waals surface area contributed by atoms with E-state index in [0.717, 1.165) is 17.0 Å². The van der Waals surface area contributed by atoms with E-state index in [1.165, 1.54) is 0 Å². The molecule has 0 radical (unpaired) electrons. The fraction of sp³-hybridized carbons (Fsp3) is 0.235. The molecule has 3 nitrogen and oxygen atoms in total. The number of ether oxygens (including phenoxy) is 1. The monoisotopic (exact) mass is 300 g/mol. The number of anilines is 1. The van der Waals surface area contributed by atoms with E-state index in [-0.39, 0.29) is 0 Å². The van der Waals surface area contributed by atoms with Crippen molar-refractivity contribution in [1.29, 1.82) is 5.26 Å². The molecule has 0 aromatic heterocycles. The summed E-state index contributed by atoms with van der Waals surface area (Å²) < 4.78 is 5.13. The van der Waals surface area contributed by atoms with E-state index in [2.05, 4.69) is 11.4 Å². The van der Waals surface area contributed by atoms with Crippen LogP contribution in [-0.4, -0.2) is 12.6 Å². The minimum Gasteiger partial charge on any atom is -0.497 e. The van der Waals surface area contributed by atoms with Crippen LogP contribution in [0.3, 0.4) is 0 Å². The first-order valence-electron chi connectivity index (χ1n) is 6.62. The first kappa shape index (κ1) is 15.2. The van der Waals surface area contributed by atoms with Crippen LogP contribution < -0.4 is 10.1 Å². The summed E-state index contributed by atoms with van der Waals surface area (Å²) in [6, 6.07) is 17.4. The zero-order chi connectivity index (χ0) is 15.3. The Labute approximate surface area is 130 Å². The maximum absolute atomic E-state index is 9.50. The molecule has 0 saturated heterocycles. The molecule has 0 heterocycles. The predicted molar refractivity (Wildman–Crippen MR) is 85.8 cm³/mol. The van der Waals surface area contributed by atoms with Crippen molar-refractivity contribution < 1.29 is 4.74 Å². The summed E-state index contributed by atoms with van der Waals surface area (Å²) >= 11 is 5.88. The van der Waals surface area contributed by atoms with Crippen LogP contribution in [0, 0.1) is 11.3 Å². The molecular formula is C17H17ClN2O. The number of hydrogen-bond acceptors (Lipinski definition) is 3. The van der Waals surface area contributed by atoms with Crippen molar-refractivity contribution in [3.8, 4) is 11.8 Å². The lowest BCUT2D eigenvalue weighted by molar-refractivity contribution is 0.415. The SMILES string of the molecule is COc1ccc(NC(C)(C#N)Cc2ccc(Cl)cc2)cc1. The van der Waals surface area contributed by atoms with Crippen molar-refractivity contribution in [2.75, 3.05) is 12.4 Å². The van der Waals surface area contributed by atoms with Gasteiger partial charge in [-0.2, -0.15) is 5.26 Å². The molecule has 2 aromatic carbocycles. The summed E-state index contributed by atoms with van der Waals surface area (Å²) in [4.78, 5) is 0. The van der Waals surface area contributed by atoms with Crippen LogP contribution in [0.25, 0.3) is 0 Å². The molecule has 108 valence electrons. The predicted octanol–water partition coefficient (Wildman–Crippen LogP) is 4.29. The van der Waals surface area contributed by atoms with Gasteiger partial charge in [0.05, 0.1) is 13.2 Å². The van der Waals surface area contributed by atoms with Crippen molar-refractivity contribution in [3.05, 3.63) is 59.1 Å². The minimum atomic E-state index is -0.692. The Morgan fingerprint density at radius 2 is 1.76 bits per heavy atom. The number of rotatable bonds is 5. The summed E-state index contributed by atoms with van der Waals surface area (Å²) in [5, 5.41) is 13.5. The third kappa shape index (κ3) is 4.14. The standard InChI is InChI=1S/C17H17ClN2O/c1-17(12-19,11-13-3-5-14(18)6-4-13)20-15-7-9-16(21-2)10-8-15/h3-10,20H,11H2,1-2H3. The highest BCUT2D eigenvalue weighted by Gasteiger charge is 2.24. The molecular weight excluding hydrogens is 284 g/mol. The number of benzene rings is 2. The van der Waals surface area contributed by atoms with Crippen molar-refractivity contribution in [2.45, 2.75) is 18.9 Å². The largest absolute Gasteiger partial charge is 0.497 e. The third-order valence-electron chi connectivity index (χ3n) is 3.23. The molecule has 1 unspecified atom stereocenters. The fourth-order valence-electron chi connectivity index (χ4n) is 2.12. The normalized spacial score (nSPS) is 13.0. The van der Waals surface area contributed by atoms with Gasteiger partial charge in [-0.15, -0.1) is 0 Å². The number of halogens is 1. The molecule has 4 heteroatoms. The maximum atomic E-state index is 9.50. The Balaban J connectivity index is 2.13. The number of nitrogens with one attached hydrogen (secondary N) is 1. The molecule has 2 rings (SSSR count). The van der Waals surface area contributed by atoms with Gasteiger partial charge in [-0.05, 0) is 48.9 Å². The zero-order valence-corrected chi connectivity index (χ0v) is 12.8. The molecule has 0 aliphatic heterocycles.